The van der Waals surface area contributed by atoms with Gasteiger partial charge in [0.25, 0.3) is 5.91 Å². The number of thioether (sulfide) groups is 2. The van der Waals surface area contributed by atoms with Crippen molar-refractivity contribution in [2.24, 2.45) is 4.99 Å². The monoisotopic (exact) mass is 429 g/mol. The lowest BCUT2D eigenvalue weighted by atomic mass is 10.1. The molecule has 1 N–H and O–H groups in total. The first kappa shape index (κ1) is 20.6. The summed E-state index contributed by atoms with van der Waals surface area (Å²) in [7, 11) is 0. The highest BCUT2D eigenvalue weighted by Gasteiger charge is 2.25. The van der Waals surface area contributed by atoms with Crippen LogP contribution in [0.15, 0.2) is 52.1 Å². The largest absolute Gasteiger partial charge is 0.468 e. The molecule has 154 valence electrons. The molecule has 1 saturated heterocycles. The normalized spacial score (nSPS) is 18.4. The number of nitrogens with zero attached hydrogens (tertiary/aromatic N) is 2. The highest BCUT2D eigenvalue weighted by Crippen LogP contribution is 2.27. The van der Waals surface area contributed by atoms with Gasteiger partial charge in [-0.2, -0.15) is 0 Å². The Hall–Kier alpha value is -1.70. The van der Waals surface area contributed by atoms with E-state index in [1.54, 1.807) is 29.8 Å². The number of piperidine rings is 1. The molecule has 0 bridgehead atoms. The van der Waals surface area contributed by atoms with Crippen molar-refractivity contribution in [1.29, 1.82) is 0 Å². The highest BCUT2D eigenvalue weighted by atomic mass is 32.2. The summed E-state index contributed by atoms with van der Waals surface area (Å²) < 4.78 is 6.82. The fourth-order valence-corrected chi connectivity index (χ4v) is 5.83. The molecule has 0 spiro atoms. The Bertz CT molecular complexity index is 832. The van der Waals surface area contributed by atoms with E-state index in [1.165, 1.54) is 19.3 Å². The summed E-state index contributed by atoms with van der Waals surface area (Å²) in [4.78, 5) is 19.9. The third-order valence-electron chi connectivity index (χ3n) is 5.33. The molecule has 0 radical (unpaired) electrons. The number of likely N-dealkylation sites (tertiary alicyclic amines) is 1. The summed E-state index contributed by atoms with van der Waals surface area (Å²) >= 11 is 3.52. The summed E-state index contributed by atoms with van der Waals surface area (Å²) in [5, 5.41) is 3.17. The first-order valence-corrected chi connectivity index (χ1v) is 12.2. The van der Waals surface area contributed by atoms with Crippen LogP contribution in [0.2, 0.25) is 0 Å². The summed E-state index contributed by atoms with van der Waals surface area (Å²) in [6, 6.07) is 11.9. The summed E-state index contributed by atoms with van der Waals surface area (Å²) in [5.41, 5.74) is 1.80. The van der Waals surface area contributed by atoms with E-state index in [1.807, 2.05) is 36.4 Å². The molecule has 1 aromatic heterocycles. The molecule has 5 nitrogen and oxygen atoms in total. The number of carbonyl (C=O) groups excluding carboxylic acids is 1. The van der Waals surface area contributed by atoms with Gasteiger partial charge in [-0.25, -0.2) is 0 Å². The van der Waals surface area contributed by atoms with E-state index in [2.05, 4.69) is 15.2 Å². The second-order valence-electron chi connectivity index (χ2n) is 7.28. The first-order valence-electron chi connectivity index (χ1n) is 10.2. The van der Waals surface area contributed by atoms with E-state index in [-0.39, 0.29) is 11.9 Å². The van der Waals surface area contributed by atoms with Crippen LogP contribution in [-0.2, 0) is 5.75 Å². The Morgan fingerprint density at radius 1 is 1.21 bits per heavy atom. The van der Waals surface area contributed by atoms with Gasteiger partial charge in [0.2, 0.25) is 0 Å². The average Bonchev–Trinajstić information content (AvgIpc) is 3.48. The molecule has 4 rings (SSSR count). The van der Waals surface area contributed by atoms with Crippen molar-refractivity contribution >= 4 is 33.8 Å². The molecule has 1 amide bonds. The zero-order valence-corrected chi connectivity index (χ0v) is 18.1. The molecule has 0 aliphatic carbocycles. The van der Waals surface area contributed by atoms with Gasteiger partial charge < -0.3 is 9.73 Å². The minimum atomic E-state index is -0.0178. The summed E-state index contributed by atoms with van der Waals surface area (Å²) in [6.45, 7) is 3.55. The summed E-state index contributed by atoms with van der Waals surface area (Å²) in [6.07, 6.45) is 5.40. The molecule has 1 atom stereocenters. The number of amides is 1. The number of benzene rings is 1. The molecule has 2 aromatic rings. The van der Waals surface area contributed by atoms with Gasteiger partial charge in [-0.3, -0.25) is 14.7 Å². The molecule has 7 heteroatoms. The van der Waals surface area contributed by atoms with Gasteiger partial charge in [0.1, 0.15) is 10.1 Å². The summed E-state index contributed by atoms with van der Waals surface area (Å²) in [5.74, 6) is 2.74. The number of nitrogens with one attached hydrogen (secondary N) is 1. The van der Waals surface area contributed by atoms with Crippen LogP contribution < -0.4 is 5.32 Å². The fourth-order valence-electron chi connectivity index (χ4n) is 3.82. The second-order valence-corrected chi connectivity index (χ2v) is 9.59. The standard InChI is InChI=1S/C22H27N3O2S2/c26-21(18-8-3-2-7-17(18)16-29-22-23-10-14-28-22)24-15-19(20-9-6-13-27-20)25-11-4-1-5-12-25/h2-3,6-9,13,19H,1,4-5,10-12,14-16H2,(H,24,26). The van der Waals surface area contributed by atoms with Crippen molar-refractivity contribution < 1.29 is 9.21 Å². The number of hydrogen-bond donors (Lipinski definition) is 1. The predicted molar refractivity (Wildman–Crippen MR) is 122 cm³/mol. The molecule has 1 fully saturated rings. The predicted octanol–water partition coefficient (Wildman–Crippen LogP) is 4.57. The number of rotatable bonds is 7. The van der Waals surface area contributed by atoms with Gasteiger partial charge in [0, 0.05) is 23.6 Å². The average molecular weight is 430 g/mol. The van der Waals surface area contributed by atoms with Gasteiger partial charge in [-0.15, -0.1) is 0 Å². The lowest BCUT2D eigenvalue weighted by Crippen LogP contribution is -2.40. The third kappa shape index (κ3) is 5.47. The van der Waals surface area contributed by atoms with Crippen LogP contribution in [0.1, 0.15) is 47.0 Å². The number of furan rings is 1. The van der Waals surface area contributed by atoms with Gasteiger partial charge in [-0.1, -0.05) is 48.1 Å². The smallest absolute Gasteiger partial charge is 0.251 e. The van der Waals surface area contributed by atoms with E-state index in [4.69, 9.17) is 4.42 Å². The molecule has 1 aromatic carbocycles. The Morgan fingerprint density at radius 2 is 2.07 bits per heavy atom. The van der Waals surface area contributed by atoms with Gasteiger partial charge in [0.15, 0.2) is 0 Å². The topological polar surface area (TPSA) is 57.8 Å². The van der Waals surface area contributed by atoms with E-state index in [9.17, 15) is 4.79 Å². The van der Waals surface area contributed by atoms with Gasteiger partial charge in [-0.05, 0) is 49.7 Å². The molecular formula is C22H27N3O2S2. The lowest BCUT2D eigenvalue weighted by Gasteiger charge is -2.33. The zero-order chi connectivity index (χ0) is 19.9. The van der Waals surface area contributed by atoms with Gasteiger partial charge in [0.05, 0.1) is 18.8 Å². The zero-order valence-electron chi connectivity index (χ0n) is 16.5. The Morgan fingerprint density at radius 3 is 2.83 bits per heavy atom. The van der Waals surface area contributed by atoms with E-state index < -0.39 is 0 Å². The van der Waals surface area contributed by atoms with Crippen LogP contribution in [0.3, 0.4) is 0 Å². The van der Waals surface area contributed by atoms with Crippen molar-refractivity contribution in [3.63, 3.8) is 0 Å². The van der Waals surface area contributed by atoms with Crippen LogP contribution in [0.5, 0.6) is 0 Å². The molecular weight excluding hydrogens is 402 g/mol. The van der Waals surface area contributed by atoms with Crippen LogP contribution in [0.25, 0.3) is 0 Å². The minimum Gasteiger partial charge on any atom is -0.468 e. The van der Waals surface area contributed by atoms with Crippen molar-refractivity contribution in [3.05, 3.63) is 59.5 Å². The number of carbonyl (C=O) groups is 1. The van der Waals surface area contributed by atoms with Crippen LogP contribution >= 0.6 is 23.5 Å². The second kappa shape index (κ2) is 10.4. The molecule has 29 heavy (non-hydrogen) atoms. The van der Waals surface area contributed by atoms with E-state index >= 15 is 0 Å². The van der Waals surface area contributed by atoms with Crippen molar-refractivity contribution in [2.45, 2.75) is 31.1 Å². The molecule has 1 unspecified atom stereocenters. The third-order valence-corrected chi connectivity index (χ3v) is 7.63. The molecule has 0 saturated carbocycles. The maximum atomic E-state index is 13.0. The van der Waals surface area contributed by atoms with Gasteiger partial charge >= 0.3 is 0 Å². The Balaban J connectivity index is 1.41. The minimum absolute atomic E-state index is 0.0178. The molecule has 2 aliphatic rings. The van der Waals surface area contributed by atoms with Crippen LogP contribution in [0, 0.1) is 0 Å². The van der Waals surface area contributed by atoms with Crippen molar-refractivity contribution in [3.8, 4) is 0 Å². The van der Waals surface area contributed by atoms with E-state index in [0.29, 0.717) is 6.54 Å². The molecule has 2 aliphatic heterocycles. The molecule has 3 heterocycles. The van der Waals surface area contributed by atoms with Crippen LogP contribution in [-0.4, -0.2) is 47.1 Å². The van der Waals surface area contributed by atoms with Crippen molar-refractivity contribution in [2.75, 3.05) is 31.9 Å². The van der Waals surface area contributed by atoms with E-state index in [0.717, 1.165) is 52.4 Å². The lowest BCUT2D eigenvalue weighted by molar-refractivity contribution is 0.0913. The Labute approximate surface area is 180 Å². The maximum Gasteiger partial charge on any atom is 0.251 e. The number of aliphatic imine (C=N–C) groups is 1. The SMILES string of the molecule is O=C(NCC(c1ccco1)N1CCCCC1)c1ccccc1CSC1=NCCS1. The Kier molecular flexibility index (Phi) is 7.35. The van der Waals surface area contributed by atoms with Crippen molar-refractivity contribution in [1.82, 2.24) is 10.2 Å². The first-order chi connectivity index (χ1) is 14.3. The fraction of sp³-hybridized carbons (Fsp3) is 0.455. The van der Waals surface area contributed by atoms with Crippen LogP contribution in [0.4, 0.5) is 0 Å². The highest BCUT2D eigenvalue weighted by molar-refractivity contribution is 8.38. The quantitative estimate of drug-likeness (QED) is 0.699. The number of hydrogen-bond acceptors (Lipinski definition) is 6. The maximum absolute atomic E-state index is 13.0.